The van der Waals surface area contributed by atoms with Crippen molar-refractivity contribution in [3.8, 4) is 0 Å². The minimum absolute atomic E-state index is 0.00800. The quantitative estimate of drug-likeness (QED) is 0.0482. The van der Waals surface area contributed by atoms with E-state index < -0.39 is 113 Å². The Hall–Kier alpha value is -4.13. The summed E-state index contributed by atoms with van der Waals surface area (Å²) < 4.78 is 55.3. The number of rotatable bonds is 18. The molecule has 9 atom stereocenters. The minimum atomic E-state index is -5.12. The Balaban J connectivity index is 1.42. The number of esters is 1. The number of imidazole rings is 1. The lowest BCUT2D eigenvalue weighted by atomic mass is 10.1. The number of carbonyl (C=O) groups is 3. The molecule has 3 aromatic heterocycles. The Bertz CT molecular complexity index is 2120. The summed E-state index contributed by atoms with van der Waals surface area (Å²) in [6.07, 6.45) is -4.94. The Labute approximate surface area is 327 Å². The van der Waals surface area contributed by atoms with E-state index in [1.165, 1.54) is 29.2 Å². The van der Waals surface area contributed by atoms with Gasteiger partial charge in [-0.3, -0.25) is 27.8 Å². The van der Waals surface area contributed by atoms with Crippen molar-refractivity contribution in [3.63, 3.8) is 0 Å². The molecule has 24 nitrogen and oxygen atoms in total. The number of nitrogen functional groups attached to an aromatic ring is 2. The Morgan fingerprint density at radius 1 is 1.12 bits per heavy atom. The number of phosphoric ester groups is 1. The molecular formula is C30H41N9O15P2S. The number of ether oxygens (including phenoxy) is 3. The first-order valence-electron chi connectivity index (χ1n) is 17.1. The maximum absolute atomic E-state index is 14.0. The first kappa shape index (κ1) is 44.0. The zero-order valence-corrected chi connectivity index (χ0v) is 32.7. The molecule has 0 aromatic carbocycles. The van der Waals surface area contributed by atoms with Gasteiger partial charge in [-0.15, -0.1) is 6.58 Å². The molecule has 2 fully saturated rings. The summed E-state index contributed by atoms with van der Waals surface area (Å²) in [7, 11) is -10.1. The van der Waals surface area contributed by atoms with Gasteiger partial charge in [0.25, 0.3) is 0 Å². The molecule has 2 saturated heterocycles. The number of carbonyl (C=O) groups excluding carboxylic acids is 3. The fourth-order valence-corrected chi connectivity index (χ4v) is 8.57. The third kappa shape index (κ3) is 10.9. The van der Waals surface area contributed by atoms with Gasteiger partial charge in [-0.25, -0.2) is 29.1 Å². The number of amides is 1. The van der Waals surface area contributed by atoms with E-state index in [0.717, 1.165) is 22.7 Å². The van der Waals surface area contributed by atoms with Crippen molar-refractivity contribution < 1.29 is 66.6 Å². The minimum Gasteiger partial charge on any atom is -0.455 e. The van der Waals surface area contributed by atoms with E-state index in [2.05, 4.69) is 36.4 Å². The van der Waals surface area contributed by atoms with Crippen LogP contribution >= 0.6 is 27.2 Å². The van der Waals surface area contributed by atoms with Gasteiger partial charge in [-0.05, 0) is 18.2 Å². The Morgan fingerprint density at radius 3 is 2.54 bits per heavy atom. The normalized spacial score (nSPS) is 25.2. The van der Waals surface area contributed by atoms with Crippen molar-refractivity contribution in [1.29, 1.82) is 0 Å². The van der Waals surface area contributed by atoms with Crippen molar-refractivity contribution >= 4 is 67.0 Å². The number of hydrogen-bond acceptors (Lipinski definition) is 19. The topological polar surface area (TPSA) is 355 Å². The SMILES string of the molecule is C=CCCC(=O)N[C@@H](CC(=O)SCC)C(=O)O[C@@H]1C(COP(=O)(O)[C@H]2C[C@H](n3ccc(N)nc3=O)O[C@@H]2COP(=O)(O)O)O[C@@H](n2cnc3c(N)ncnc32)[C@@H]1O. The number of allylic oxidation sites excluding steroid dienone is 1. The molecule has 312 valence electrons. The van der Waals surface area contributed by atoms with Crippen LogP contribution in [0.4, 0.5) is 11.6 Å². The summed E-state index contributed by atoms with van der Waals surface area (Å²) in [4.78, 5) is 97.2. The maximum atomic E-state index is 14.0. The van der Waals surface area contributed by atoms with Crippen LogP contribution in [-0.4, -0.2) is 121 Å². The van der Waals surface area contributed by atoms with Crippen LogP contribution < -0.4 is 22.5 Å². The lowest BCUT2D eigenvalue weighted by molar-refractivity contribution is -0.160. The van der Waals surface area contributed by atoms with Crippen molar-refractivity contribution in [2.24, 2.45) is 0 Å². The van der Waals surface area contributed by atoms with Gasteiger partial charge in [-0.1, -0.05) is 24.8 Å². The highest BCUT2D eigenvalue weighted by atomic mass is 32.2. The summed E-state index contributed by atoms with van der Waals surface area (Å²) >= 11 is 0.904. The number of aliphatic hydroxyl groups is 1. The molecule has 0 bridgehead atoms. The van der Waals surface area contributed by atoms with Crippen molar-refractivity contribution in [2.45, 2.75) is 81.2 Å². The second-order valence-electron chi connectivity index (χ2n) is 12.6. The predicted molar refractivity (Wildman–Crippen MR) is 198 cm³/mol. The average molecular weight is 862 g/mol. The molecule has 0 aliphatic carbocycles. The van der Waals surface area contributed by atoms with Crippen LogP contribution in [0.5, 0.6) is 0 Å². The molecule has 1 amide bonds. The zero-order chi connectivity index (χ0) is 41.7. The van der Waals surface area contributed by atoms with Crippen LogP contribution in [0.1, 0.15) is 45.1 Å². The second-order valence-corrected chi connectivity index (χ2v) is 17.2. The first-order chi connectivity index (χ1) is 26.9. The number of aliphatic hydroxyl groups excluding tert-OH is 1. The number of hydrogen-bond donors (Lipinski definition) is 7. The number of fused-ring (bicyclic) bond motifs is 1. The highest BCUT2D eigenvalue weighted by Crippen LogP contribution is 2.56. The van der Waals surface area contributed by atoms with Crippen LogP contribution in [0.15, 0.2) is 42.4 Å². The van der Waals surface area contributed by atoms with Crippen molar-refractivity contribution in [3.05, 3.63) is 48.1 Å². The van der Waals surface area contributed by atoms with Crippen molar-refractivity contribution in [1.82, 2.24) is 34.4 Å². The van der Waals surface area contributed by atoms with Crippen LogP contribution in [0.3, 0.4) is 0 Å². The number of nitrogens with two attached hydrogens (primary N) is 2. The predicted octanol–water partition coefficient (Wildman–Crippen LogP) is -0.494. The molecule has 27 heteroatoms. The highest BCUT2D eigenvalue weighted by Gasteiger charge is 2.52. The van der Waals surface area contributed by atoms with Gasteiger partial charge in [0.1, 0.15) is 42.1 Å². The van der Waals surface area contributed by atoms with Gasteiger partial charge in [0.05, 0.1) is 31.3 Å². The third-order valence-corrected chi connectivity index (χ3v) is 11.9. The summed E-state index contributed by atoms with van der Waals surface area (Å²) in [5.74, 6) is -1.50. The van der Waals surface area contributed by atoms with Crippen LogP contribution in [0, 0.1) is 0 Å². The van der Waals surface area contributed by atoms with Crippen molar-refractivity contribution in [2.75, 3.05) is 30.4 Å². The lowest BCUT2D eigenvalue weighted by Crippen LogP contribution is -2.47. The number of phosphoric acid groups is 1. The molecule has 0 saturated carbocycles. The Morgan fingerprint density at radius 2 is 1.86 bits per heavy atom. The second kappa shape index (κ2) is 18.6. The number of anilines is 2. The summed E-state index contributed by atoms with van der Waals surface area (Å²) in [5, 5.41) is 13.6. The molecule has 57 heavy (non-hydrogen) atoms. The molecule has 5 rings (SSSR count). The highest BCUT2D eigenvalue weighted by molar-refractivity contribution is 8.13. The summed E-state index contributed by atoms with van der Waals surface area (Å²) in [6, 6.07) is -0.255. The molecule has 2 aliphatic rings. The molecule has 3 aromatic rings. The molecule has 0 spiro atoms. The van der Waals surface area contributed by atoms with Gasteiger partial charge >= 0.3 is 27.1 Å². The van der Waals surface area contributed by atoms with E-state index >= 15 is 0 Å². The zero-order valence-electron chi connectivity index (χ0n) is 30.1. The van der Waals surface area contributed by atoms with E-state index in [4.69, 9.17) is 30.2 Å². The number of nitrogens with zero attached hydrogens (tertiary/aromatic N) is 6. The fraction of sp³-hybridized carbons (Fsp3) is 0.533. The van der Waals surface area contributed by atoms with Gasteiger partial charge in [0, 0.05) is 25.5 Å². The molecule has 9 N–H and O–H groups in total. The third-order valence-electron chi connectivity index (χ3n) is 8.71. The largest absolute Gasteiger partial charge is 0.469 e. The smallest absolute Gasteiger partial charge is 0.455 e. The van der Waals surface area contributed by atoms with Crippen LogP contribution in [0.25, 0.3) is 11.2 Å². The maximum Gasteiger partial charge on any atom is 0.469 e. The standard InChI is InChI=1S/C30H41N9O15P2S/c1-3-5-6-20(40)36-15(9-22(41)57-4-2)29(43)54-25-17(53-28(24(25)42)39-14-35-23-26(32)33-13-34-27(23)39)12-50-55(45,46)18-10-21(38-8-7-19(31)37-30(38)44)52-16(18)11-51-56(47,48)49/h3,7-8,13-18,21,24-25,28,42H,1,4-6,9-12H2,2H3,(H,36,40)(H,45,46)(H2,31,37,44)(H2,32,33,34)(H2,47,48,49)/t15-,16+,17?,18-,21+,24+,25+,28+/m0/s1. The molecule has 2 unspecified atom stereocenters. The molecule has 0 radical (unpaired) electrons. The van der Waals surface area contributed by atoms with Gasteiger partial charge in [0.2, 0.25) is 5.91 Å². The van der Waals surface area contributed by atoms with E-state index in [0.29, 0.717) is 5.75 Å². The summed E-state index contributed by atoms with van der Waals surface area (Å²) in [6.45, 7) is 3.49. The van der Waals surface area contributed by atoms with Crippen LogP contribution in [0.2, 0.25) is 0 Å². The Kier molecular flexibility index (Phi) is 14.4. The van der Waals surface area contributed by atoms with Gasteiger partial charge in [-0.2, -0.15) is 4.98 Å². The van der Waals surface area contributed by atoms with Crippen LogP contribution in [-0.2, 0) is 46.8 Å². The fourth-order valence-electron chi connectivity index (χ4n) is 6.05. The molecular weight excluding hydrogens is 820 g/mol. The van der Waals surface area contributed by atoms with E-state index in [-0.39, 0.29) is 35.6 Å². The molecule has 2 aliphatic heterocycles. The van der Waals surface area contributed by atoms with Gasteiger partial charge < -0.3 is 55.3 Å². The van der Waals surface area contributed by atoms with E-state index in [9.17, 15) is 48.1 Å². The number of aromatic nitrogens is 6. The van der Waals surface area contributed by atoms with Gasteiger partial charge in [0.15, 0.2) is 28.9 Å². The number of thioether (sulfide) groups is 1. The molecule has 5 heterocycles. The lowest BCUT2D eigenvalue weighted by Gasteiger charge is -2.26. The average Bonchev–Trinajstić information content (AvgIpc) is 3.85. The number of nitrogens with one attached hydrogen (secondary N) is 1. The van der Waals surface area contributed by atoms with E-state index in [1.54, 1.807) is 6.92 Å². The monoisotopic (exact) mass is 861 g/mol. The summed E-state index contributed by atoms with van der Waals surface area (Å²) in [5.41, 5.74) is 9.24. The van der Waals surface area contributed by atoms with E-state index in [1.807, 2.05) is 0 Å². The first-order valence-corrected chi connectivity index (χ1v) is 21.3.